The van der Waals surface area contributed by atoms with E-state index in [1.807, 2.05) is 18.2 Å². The summed E-state index contributed by atoms with van der Waals surface area (Å²) < 4.78 is 0. The number of hydrogen-bond donors (Lipinski definition) is 0. The molecule has 0 aromatic heterocycles. The third-order valence-corrected chi connectivity index (χ3v) is 1.73. The van der Waals surface area contributed by atoms with Crippen LogP contribution in [0.1, 0.15) is 5.56 Å². The largest absolute Gasteiger partial charge is 0.113 e. The van der Waals surface area contributed by atoms with Gasteiger partial charge in [-0.2, -0.15) is 0 Å². The zero-order valence-electron chi connectivity index (χ0n) is 5.68. The van der Waals surface area contributed by atoms with Gasteiger partial charge in [-0.1, -0.05) is 45.7 Å². The second-order valence-electron chi connectivity index (χ2n) is 2.18. The summed E-state index contributed by atoms with van der Waals surface area (Å²) in [5, 5.41) is 0.996. The Balaban J connectivity index is 2.75. The Hall–Kier alpha value is -0.235. The third kappa shape index (κ3) is 2.18. The van der Waals surface area contributed by atoms with Crippen LogP contribution in [-0.4, -0.2) is 13.2 Å². The van der Waals surface area contributed by atoms with E-state index in [9.17, 15) is 0 Å². The SMILES string of the molecule is [B]c1cccc(CCBr)c1. The monoisotopic (exact) mass is 194 g/mol. The van der Waals surface area contributed by atoms with Gasteiger partial charge in [0.1, 0.15) is 7.85 Å². The molecule has 0 saturated heterocycles. The molecule has 0 N–H and O–H groups in total. The molecule has 2 radical (unpaired) electrons. The Labute approximate surface area is 71.2 Å². The Kier molecular flexibility index (Phi) is 3.00. The van der Waals surface area contributed by atoms with E-state index in [0.717, 1.165) is 17.2 Å². The summed E-state index contributed by atoms with van der Waals surface area (Å²) >= 11 is 3.37. The quantitative estimate of drug-likeness (QED) is 0.494. The molecule has 1 aromatic rings. The van der Waals surface area contributed by atoms with Crippen molar-refractivity contribution in [3.05, 3.63) is 29.8 Å². The lowest BCUT2D eigenvalue weighted by molar-refractivity contribution is 1.17. The maximum atomic E-state index is 5.57. The normalized spacial score (nSPS) is 9.70. The van der Waals surface area contributed by atoms with Gasteiger partial charge in [0, 0.05) is 5.33 Å². The fourth-order valence-electron chi connectivity index (χ4n) is 0.858. The molecule has 0 heterocycles. The minimum atomic E-state index is 0.846. The zero-order chi connectivity index (χ0) is 7.40. The average Bonchev–Trinajstić information content (AvgIpc) is 1.88. The smallest absolute Gasteiger partial charge is 0.0964 e. The van der Waals surface area contributed by atoms with E-state index < -0.39 is 0 Å². The Morgan fingerprint density at radius 1 is 1.40 bits per heavy atom. The molecular formula is C8H8BBr. The number of halogens is 1. The van der Waals surface area contributed by atoms with Crippen LogP contribution in [0.3, 0.4) is 0 Å². The number of benzene rings is 1. The highest BCUT2D eigenvalue weighted by molar-refractivity contribution is 9.09. The second-order valence-corrected chi connectivity index (χ2v) is 2.98. The van der Waals surface area contributed by atoms with Crippen molar-refractivity contribution in [1.82, 2.24) is 0 Å². The molecular weight excluding hydrogens is 187 g/mol. The molecule has 50 valence electrons. The first kappa shape index (κ1) is 7.87. The Bertz CT molecular complexity index is 210. The molecule has 1 rings (SSSR count). The standard InChI is InChI=1S/C8H8BBr/c9-8-3-1-2-7(6-8)4-5-10/h1-3,6H,4-5H2. The molecule has 0 aliphatic heterocycles. The first-order valence-corrected chi connectivity index (χ1v) is 4.35. The van der Waals surface area contributed by atoms with Crippen LogP contribution in [-0.2, 0) is 6.42 Å². The van der Waals surface area contributed by atoms with Gasteiger partial charge in [0.2, 0.25) is 0 Å². The van der Waals surface area contributed by atoms with Gasteiger partial charge in [-0.3, -0.25) is 0 Å². The van der Waals surface area contributed by atoms with Gasteiger partial charge < -0.3 is 0 Å². The predicted octanol–water partition coefficient (Wildman–Crippen LogP) is 1.42. The lowest BCUT2D eigenvalue weighted by Crippen LogP contribution is -2.02. The van der Waals surface area contributed by atoms with Crippen molar-refractivity contribution in [2.45, 2.75) is 6.42 Å². The molecule has 0 bridgehead atoms. The van der Waals surface area contributed by atoms with Crippen LogP contribution in [0.4, 0.5) is 0 Å². The van der Waals surface area contributed by atoms with Crippen molar-refractivity contribution in [2.24, 2.45) is 0 Å². The van der Waals surface area contributed by atoms with E-state index in [1.165, 1.54) is 5.56 Å². The van der Waals surface area contributed by atoms with Gasteiger partial charge in [0.15, 0.2) is 0 Å². The first-order chi connectivity index (χ1) is 4.83. The van der Waals surface area contributed by atoms with Crippen LogP contribution in [0.15, 0.2) is 24.3 Å². The molecule has 10 heavy (non-hydrogen) atoms. The van der Waals surface area contributed by atoms with Gasteiger partial charge in [-0.25, -0.2) is 0 Å². The Morgan fingerprint density at radius 3 is 2.80 bits per heavy atom. The maximum Gasteiger partial charge on any atom is 0.113 e. The van der Waals surface area contributed by atoms with Crippen molar-refractivity contribution in [3.8, 4) is 0 Å². The van der Waals surface area contributed by atoms with Gasteiger partial charge >= 0.3 is 0 Å². The second kappa shape index (κ2) is 3.82. The molecule has 0 spiro atoms. The summed E-state index contributed by atoms with van der Waals surface area (Å²) in [6.07, 6.45) is 1.05. The minimum absolute atomic E-state index is 0.846. The van der Waals surface area contributed by atoms with Crippen LogP contribution in [0.2, 0.25) is 0 Å². The molecule has 0 fully saturated rings. The highest BCUT2D eigenvalue weighted by atomic mass is 79.9. The lowest BCUT2D eigenvalue weighted by Gasteiger charge is -1.97. The maximum absolute atomic E-state index is 5.57. The van der Waals surface area contributed by atoms with E-state index in [0.29, 0.717) is 0 Å². The summed E-state index contributed by atoms with van der Waals surface area (Å²) in [7, 11) is 5.57. The topological polar surface area (TPSA) is 0 Å². The van der Waals surface area contributed by atoms with E-state index in [1.54, 1.807) is 0 Å². The summed E-state index contributed by atoms with van der Waals surface area (Å²) in [4.78, 5) is 0. The van der Waals surface area contributed by atoms with E-state index in [-0.39, 0.29) is 0 Å². The number of rotatable bonds is 2. The van der Waals surface area contributed by atoms with Gasteiger partial charge in [-0.05, 0) is 12.0 Å². The average molecular weight is 195 g/mol. The molecule has 0 aliphatic carbocycles. The molecule has 0 atom stereocenters. The highest BCUT2D eigenvalue weighted by Crippen LogP contribution is 1.98. The molecule has 0 amide bonds. The number of aryl methyl sites for hydroxylation is 1. The van der Waals surface area contributed by atoms with Crippen LogP contribution in [0.5, 0.6) is 0 Å². The van der Waals surface area contributed by atoms with Gasteiger partial charge in [0.25, 0.3) is 0 Å². The van der Waals surface area contributed by atoms with Crippen molar-refractivity contribution >= 4 is 29.2 Å². The van der Waals surface area contributed by atoms with Crippen LogP contribution >= 0.6 is 15.9 Å². The molecule has 1 aromatic carbocycles. The van der Waals surface area contributed by atoms with Gasteiger partial charge in [-0.15, -0.1) is 0 Å². The summed E-state index contributed by atoms with van der Waals surface area (Å²) in [6, 6.07) is 7.96. The number of hydrogen-bond acceptors (Lipinski definition) is 0. The van der Waals surface area contributed by atoms with Crippen LogP contribution < -0.4 is 5.46 Å². The minimum Gasteiger partial charge on any atom is -0.0964 e. The third-order valence-electron chi connectivity index (χ3n) is 1.33. The summed E-state index contributed by atoms with van der Waals surface area (Å²) in [5.41, 5.74) is 2.13. The van der Waals surface area contributed by atoms with E-state index >= 15 is 0 Å². The molecule has 0 aliphatic rings. The Morgan fingerprint density at radius 2 is 2.20 bits per heavy atom. The lowest BCUT2D eigenvalue weighted by atomic mass is 9.94. The fourth-order valence-corrected chi connectivity index (χ4v) is 1.32. The molecule has 0 nitrogen and oxygen atoms in total. The van der Waals surface area contributed by atoms with Crippen molar-refractivity contribution in [1.29, 1.82) is 0 Å². The van der Waals surface area contributed by atoms with Crippen LogP contribution in [0.25, 0.3) is 0 Å². The van der Waals surface area contributed by atoms with Gasteiger partial charge in [0.05, 0.1) is 0 Å². The van der Waals surface area contributed by atoms with Crippen LogP contribution in [0, 0.1) is 0 Å². The first-order valence-electron chi connectivity index (χ1n) is 3.23. The zero-order valence-corrected chi connectivity index (χ0v) is 7.26. The van der Waals surface area contributed by atoms with Crippen molar-refractivity contribution in [2.75, 3.05) is 5.33 Å². The van der Waals surface area contributed by atoms with E-state index in [2.05, 4.69) is 22.0 Å². The molecule has 0 unspecified atom stereocenters. The van der Waals surface area contributed by atoms with Crippen molar-refractivity contribution in [3.63, 3.8) is 0 Å². The predicted molar refractivity (Wildman–Crippen MR) is 49.3 cm³/mol. The summed E-state index contributed by atoms with van der Waals surface area (Å²) in [5.74, 6) is 0. The molecule has 2 heteroatoms. The highest BCUT2D eigenvalue weighted by Gasteiger charge is 1.89. The fraction of sp³-hybridized carbons (Fsp3) is 0.250. The van der Waals surface area contributed by atoms with E-state index in [4.69, 9.17) is 7.85 Å². The number of alkyl halides is 1. The summed E-state index contributed by atoms with van der Waals surface area (Å²) in [6.45, 7) is 0. The van der Waals surface area contributed by atoms with Crippen molar-refractivity contribution < 1.29 is 0 Å². The molecule has 0 saturated carbocycles.